The molecule has 0 amide bonds. The van der Waals surface area contributed by atoms with E-state index < -0.39 is 17.9 Å². The molecule has 1 N–H and O–H groups in total. The first-order valence-electron chi connectivity index (χ1n) is 11.6. The molecule has 0 bridgehead atoms. The number of benzene rings is 1. The Balaban J connectivity index is 1.45. The van der Waals surface area contributed by atoms with Crippen molar-refractivity contribution in [3.05, 3.63) is 76.3 Å². The molecule has 3 aromatic heterocycles. The van der Waals surface area contributed by atoms with Crippen LogP contribution in [0, 0.1) is 0 Å². The summed E-state index contributed by atoms with van der Waals surface area (Å²) in [6.07, 6.45) is -1.02. The number of fused-ring (bicyclic) bond motifs is 3. The Morgan fingerprint density at radius 1 is 1.03 bits per heavy atom. The lowest BCUT2D eigenvalue weighted by atomic mass is 9.93. The van der Waals surface area contributed by atoms with Gasteiger partial charge in [0.1, 0.15) is 11.5 Å². The minimum Gasteiger partial charge on any atom is -0.378 e. The number of pyridine rings is 1. The number of nitrogens with zero attached hydrogens (tertiary/aromatic N) is 5. The van der Waals surface area contributed by atoms with Crippen LogP contribution in [-0.4, -0.2) is 52.8 Å². The number of anilines is 2. The lowest BCUT2D eigenvalue weighted by molar-refractivity contribution is -0.141. The first-order valence-corrected chi connectivity index (χ1v) is 12.0. The van der Waals surface area contributed by atoms with Gasteiger partial charge in [-0.3, -0.25) is 0 Å². The monoisotopic (exact) mass is 514 g/mol. The Morgan fingerprint density at radius 3 is 2.61 bits per heavy atom. The molecular formula is C25H22ClF3N6O. The first kappa shape index (κ1) is 23.1. The molecule has 5 heterocycles. The van der Waals surface area contributed by atoms with E-state index in [0.717, 1.165) is 58.9 Å². The Labute approximate surface area is 209 Å². The lowest BCUT2D eigenvalue weighted by Gasteiger charge is -2.36. The summed E-state index contributed by atoms with van der Waals surface area (Å²) < 4.78 is 45.8. The number of alkyl halides is 3. The third-order valence-corrected chi connectivity index (χ3v) is 6.94. The van der Waals surface area contributed by atoms with Crippen molar-refractivity contribution in [1.82, 2.24) is 19.9 Å². The van der Waals surface area contributed by atoms with E-state index >= 15 is 0 Å². The largest absolute Gasteiger partial charge is 0.433 e. The number of morpholine rings is 1. The number of halogens is 4. The average molecular weight is 515 g/mol. The zero-order valence-corrected chi connectivity index (χ0v) is 19.9. The van der Waals surface area contributed by atoms with Gasteiger partial charge in [0.25, 0.3) is 0 Å². The van der Waals surface area contributed by atoms with Gasteiger partial charge in [-0.2, -0.15) is 13.2 Å². The topological polar surface area (TPSA) is 70.2 Å². The SMILES string of the molecule is FC(F)(F)c1ccnc(N2CCc3c([nH]c4ccc(Cl)cc34)[C@@H]2c2ccc(N3CCOCC3)nc2)n1. The molecule has 0 saturated carbocycles. The van der Waals surface area contributed by atoms with Crippen molar-refractivity contribution in [2.75, 3.05) is 42.6 Å². The maximum Gasteiger partial charge on any atom is 0.433 e. The van der Waals surface area contributed by atoms with E-state index in [2.05, 4.69) is 19.9 Å². The van der Waals surface area contributed by atoms with Crippen LogP contribution in [-0.2, 0) is 17.3 Å². The zero-order valence-electron chi connectivity index (χ0n) is 19.1. The van der Waals surface area contributed by atoms with E-state index in [4.69, 9.17) is 21.3 Å². The van der Waals surface area contributed by atoms with Gasteiger partial charge in [0.05, 0.1) is 19.3 Å². The second kappa shape index (κ2) is 8.94. The molecule has 1 saturated heterocycles. The number of H-pyrrole nitrogens is 1. The van der Waals surface area contributed by atoms with Crippen molar-refractivity contribution in [3.63, 3.8) is 0 Å². The maximum absolute atomic E-state index is 13.4. The van der Waals surface area contributed by atoms with E-state index in [0.29, 0.717) is 31.2 Å². The number of ether oxygens (including phenoxy) is 1. The third kappa shape index (κ3) is 4.14. The van der Waals surface area contributed by atoms with Crippen molar-refractivity contribution >= 4 is 34.3 Å². The molecular weight excluding hydrogens is 493 g/mol. The normalized spacial score (nSPS) is 18.5. The summed E-state index contributed by atoms with van der Waals surface area (Å²) in [5, 5.41) is 1.63. The molecule has 1 aromatic carbocycles. The van der Waals surface area contributed by atoms with Gasteiger partial charge in [-0.25, -0.2) is 15.0 Å². The van der Waals surface area contributed by atoms with Crippen LogP contribution in [0.15, 0.2) is 48.8 Å². The third-order valence-electron chi connectivity index (χ3n) is 6.70. The Hall–Kier alpha value is -3.37. The van der Waals surface area contributed by atoms with Gasteiger partial charge in [0.2, 0.25) is 5.95 Å². The molecule has 0 radical (unpaired) electrons. The molecule has 7 nitrogen and oxygen atoms in total. The molecule has 2 aliphatic heterocycles. The van der Waals surface area contributed by atoms with Crippen LogP contribution in [0.4, 0.5) is 24.9 Å². The highest BCUT2D eigenvalue weighted by Crippen LogP contribution is 2.41. The summed E-state index contributed by atoms with van der Waals surface area (Å²) in [6, 6.07) is 9.99. The highest BCUT2D eigenvalue weighted by atomic mass is 35.5. The number of nitrogens with one attached hydrogen (secondary N) is 1. The minimum absolute atomic E-state index is 0.0226. The van der Waals surface area contributed by atoms with Gasteiger partial charge in [-0.1, -0.05) is 17.7 Å². The predicted octanol–water partition coefficient (Wildman–Crippen LogP) is 5.01. The average Bonchev–Trinajstić information content (AvgIpc) is 3.26. The number of aromatic nitrogens is 4. The minimum atomic E-state index is -4.56. The molecule has 6 rings (SSSR count). The number of hydrogen-bond acceptors (Lipinski definition) is 6. The van der Waals surface area contributed by atoms with Crippen molar-refractivity contribution < 1.29 is 17.9 Å². The quantitative estimate of drug-likeness (QED) is 0.414. The molecule has 4 aromatic rings. The van der Waals surface area contributed by atoms with Gasteiger partial charge in [-0.15, -0.1) is 0 Å². The molecule has 0 aliphatic carbocycles. The number of aromatic amines is 1. The van der Waals surface area contributed by atoms with E-state index in [9.17, 15) is 13.2 Å². The fraction of sp³-hybridized carbons (Fsp3) is 0.320. The summed E-state index contributed by atoms with van der Waals surface area (Å²) in [5.41, 5.74) is 2.73. The fourth-order valence-electron chi connectivity index (χ4n) is 5.01. The summed E-state index contributed by atoms with van der Waals surface area (Å²) in [6.45, 7) is 3.24. The fourth-order valence-corrected chi connectivity index (χ4v) is 5.18. The van der Waals surface area contributed by atoms with Gasteiger partial charge in [-0.05, 0) is 47.9 Å². The highest BCUT2D eigenvalue weighted by Gasteiger charge is 2.37. The molecule has 186 valence electrons. The molecule has 2 aliphatic rings. The Kier molecular flexibility index (Phi) is 5.72. The van der Waals surface area contributed by atoms with E-state index in [-0.39, 0.29) is 5.95 Å². The molecule has 36 heavy (non-hydrogen) atoms. The van der Waals surface area contributed by atoms with Crippen LogP contribution in [0.1, 0.15) is 28.6 Å². The van der Waals surface area contributed by atoms with Gasteiger partial charge in [0, 0.05) is 53.6 Å². The smallest absolute Gasteiger partial charge is 0.378 e. The predicted molar refractivity (Wildman–Crippen MR) is 131 cm³/mol. The van der Waals surface area contributed by atoms with E-state index in [1.54, 1.807) is 11.1 Å². The molecule has 1 fully saturated rings. The van der Waals surface area contributed by atoms with E-state index in [1.807, 2.05) is 30.3 Å². The van der Waals surface area contributed by atoms with Crippen LogP contribution >= 0.6 is 11.6 Å². The van der Waals surface area contributed by atoms with Gasteiger partial charge < -0.3 is 19.5 Å². The standard InChI is InChI=1S/C25H22ClF3N6O/c26-16-2-3-19-18(13-16)17-6-8-35(24-30-7-5-20(33-24)25(27,28)29)23(22(17)32-19)15-1-4-21(31-14-15)34-9-11-36-12-10-34/h1-5,7,13-14,23,32H,6,8-12H2/t23-/m0/s1. The summed E-state index contributed by atoms with van der Waals surface area (Å²) >= 11 is 6.27. The maximum atomic E-state index is 13.4. The van der Waals surface area contributed by atoms with Gasteiger partial charge in [0.15, 0.2) is 0 Å². The van der Waals surface area contributed by atoms with Crippen molar-refractivity contribution in [3.8, 4) is 0 Å². The summed E-state index contributed by atoms with van der Waals surface area (Å²) in [4.78, 5) is 20.2. The lowest BCUT2D eigenvalue weighted by Crippen LogP contribution is -2.38. The van der Waals surface area contributed by atoms with Crippen LogP contribution in [0.2, 0.25) is 5.02 Å². The van der Waals surface area contributed by atoms with E-state index in [1.165, 1.54) is 0 Å². The van der Waals surface area contributed by atoms with Crippen LogP contribution < -0.4 is 9.80 Å². The molecule has 11 heteroatoms. The number of hydrogen-bond donors (Lipinski definition) is 1. The first-order chi connectivity index (χ1) is 17.4. The molecule has 1 atom stereocenters. The van der Waals surface area contributed by atoms with Crippen LogP contribution in [0.3, 0.4) is 0 Å². The Morgan fingerprint density at radius 2 is 1.86 bits per heavy atom. The second-order valence-corrected chi connectivity index (χ2v) is 9.28. The summed E-state index contributed by atoms with van der Waals surface area (Å²) in [5.74, 6) is 0.859. The van der Waals surface area contributed by atoms with Crippen molar-refractivity contribution in [2.45, 2.75) is 18.6 Å². The summed E-state index contributed by atoms with van der Waals surface area (Å²) in [7, 11) is 0. The second-order valence-electron chi connectivity index (χ2n) is 8.84. The highest BCUT2D eigenvalue weighted by molar-refractivity contribution is 6.31. The molecule has 0 unspecified atom stereocenters. The number of rotatable bonds is 3. The Bertz CT molecular complexity index is 1400. The van der Waals surface area contributed by atoms with Crippen molar-refractivity contribution in [1.29, 1.82) is 0 Å². The van der Waals surface area contributed by atoms with Crippen LogP contribution in [0.25, 0.3) is 10.9 Å². The zero-order chi connectivity index (χ0) is 24.9. The van der Waals surface area contributed by atoms with Crippen molar-refractivity contribution in [2.24, 2.45) is 0 Å². The van der Waals surface area contributed by atoms with Gasteiger partial charge >= 0.3 is 6.18 Å². The van der Waals surface area contributed by atoms with Crippen LogP contribution in [0.5, 0.6) is 0 Å². The molecule has 0 spiro atoms.